The zero-order valence-corrected chi connectivity index (χ0v) is 21.3. The Morgan fingerprint density at radius 1 is 1.36 bits per heavy atom. The lowest BCUT2D eigenvalue weighted by molar-refractivity contribution is -0.149. The predicted molar refractivity (Wildman–Crippen MR) is 127 cm³/mol. The third-order valence-corrected chi connectivity index (χ3v) is 6.97. The highest BCUT2D eigenvalue weighted by molar-refractivity contribution is 7.52. The zero-order valence-electron chi connectivity index (χ0n) is 19.6. The fourth-order valence-electron chi connectivity index (χ4n) is 3.22. The molecule has 2 unspecified atom stereocenters. The summed E-state index contributed by atoms with van der Waals surface area (Å²) >= 11 is 5.89. The number of hydrogen-bond acceptors (Lipinski definition) is 10. The number of alkyl halides is 2. The van der Waals surface area contributed by atoms with Gasteiger partial charge in [0.05, 0.1) is 12.7 Å². The van der Waals surface area contributed by atoms with Crippen LogP contribution in [-0.4, -0.2) is 56.7 Å². The van der Waals surface area contributed by atoms with E-state index >= 15 is 4.39 Å². The summed E-state index contributed by atoms with van der Waals surface area (Å²) in [5, 5.41) is 9.94. The second-order valence-electron chi connectivity index (χ2n) is 8.22. The molecule has 2 heterocycles. The zero-order chi connectivity index (χ0) is 26.7. The van der Waals surface area contributed by atoms with Crippen LogP contribution < -0.4 is 21.0 Å². The summed E-state index contributed by atoms with van der Waals surface area (Å²) in [6.07, 6.45) is -4.62. The van der Waals surface area contributed by atoms with Gasteiger partial charge >= 0.3 is 19.4 Å². The molecule has 0 aliphatic carbocycles. The van der Waals surface area contributed by atoms with E-state index in [1.54, 1.807) is 32.0 Å². The van der Waals surface area contributed by atoms with Gasteiger partial charge < -0.3 is 24.8 Å². The molecule has 1 saturated heterocycles. The number of carbonyl (C=O) groups is 1. The number of nitrogens with one attached hydrogen (secondary N) is 1. The summed E-state index contributed by atoms with van der Waals surface area (Å²) in [6.45, 7) is 3.98. The van der Waals surface area contributed by atoms with Gasteiger partial charge in [0.2, 0.25) is 0 Å². The summed E-state index contributed by atoms with van der Waals surface area (Å²) in [6, 6.07) is 8.03. The van der Waals surface area contributed by atoms with Crippen LogP contribution in [0.2, 0.25) is 0 Å². The number of aromatic nitrogens is 2. The number of nitrogens with zero attached hydrogens (tertiary/aromatic N) is 2. The van der Waals surface area contributed by atoms with E-state index in [4.69, 9.17) is 35.9 Å². The average molecular weight is 549 g/mol. The molecular formula is C21H27ClFN4O8P. The Labute approximate surface area is 211 Å². The molecule has 3 rings (SSSR count). The lowest BCUT2D eigenvalue weighted by Gasteiger charge is -2.25. The van der Waals surface area contributed by atoms with Crippen molar-refractivity contribution in [3.05, 3.63) is 53.1 Å². The van der Waals surface area contributed by atoms with E-state index in [0.717, 1.165) is 10.8 Å². The van der Waals surface area contributed by atoms with Crippen molar-refractivity contribution in [1.82, 2.24) is 14.6 Å². The van der Waals surface area contributed by atoms with Gasteiger partial charge in [-0.15, -0.1) is 0 Å². The Bertz CT molecular complexity index is 1170. The molecule has 12 nitrogen and oxygen atoms in total. The average Bonchev–Trinajstić information content (AvgIpc) is 3.01. The lowest BCUT2D eigenvalue weighted by atomic mass is 10.1. The number of halogens is 2. The van der Waals surface area contributed by atoms with E-state index in [-0.39, 0.29) is 11.6 Å². The van der Waals surface area contributed by atoms with E-state index in [1.807, 2.05) is 0 Å². The van der Waals surface area contributed by atoms with Crippen molar-refractivity contribution in [3.63, 3.8) is 0 Å². The van der Waals surface area contributed by atoms with Crippen molar-refractivity contribution < 1.29 is 37.4 Å². The van der Waals surface area contributed by atoms with Gasteiger partial charge in [-0.25, -0.2) is 13.8 Å². The Hall–Kier alpha value is -2.54. The van der Waals surface area contributed by atoms with E-state index in [0.29, 0.717) is 0 Å². The number of benzene rings is 1. The molecule has 0 spiro atoms. The molecule has 15 heteroatoms. The molecule has 1 aromatic carbocycles. The number of ether oxygens (including phenoxy) is 2. The minimum atomic E-state index is -4.33. The van der Waals surface area contributed by atoms with Crippen LogP contribution in [0.25, 0.3) is 0 Å². The van der Waals surface area contributed by atoms with Crippen molar-refractivity contribution >= 4 is 31.1 Å². The maximum absolute atomic E-state index is 15.2. The smallest absolute Gasteiger partial charge is 0.459 e. The maximum Gasteiger partial charge on any atom is 0.459 e. The lowest BCUT2D eigenvalue weighted by Crippen LogP contribution is -2.41. The van der Waals surface area contributed by atoms with Crippen LogP contribution in [0.3, 0.4) is 0 Å². The predicted octanol–water partition coefficient (Wildman–Crippen LogP) is 2.12. The first-order chi connectivity index (χ1) is 16.8. The SMILES string of the molecule is CC(C)OC(=O)C(C)NP(=O)(OC[C@H]1O[C@@H](n2ccc(N)nc2=O)[C@](F)(Cl)[C@@H]1O)Oc1ccccc1. The van der Waals surface area contributed by atoms with Gasteiger partial charge in [0, 0.05) is 6.20 Å². The second kappa shape index (κ2) is 11.2. The Morgan fingerprint density at radius 2 is 2.03 bits per heavy atom. The minimum Gasteiger partial charge on any atom is -0.462 e. The number of aliphatic hydroxyl groups excluding tert-OH is 1. The largest absolute Gasteiger partial charge is 0.462 e. The molecule has 1 aromatic heterocycles. The molecule has 36 heavy (non-hydrogen) atoms. The van der Waals surface area contributed by atoms with Crippen LogP contribution in [-0.2, 0) is 23.4 Å². The first-order valence-corrected chi connectivity index (χ1v) is 12.8. The normalized spacial score (nSPS) is 26.4. The first-order valence-electron chi connectivity index (χ1n) is 10.9. The molecule has 1 fully saturated rings. The highest BCUT2D eigenvalue weighted by Gasteiger charge is 2.58. The summed E-state index contributed by atoms with van der Waals surface area (Å²) < 4.78 is 51.0. The molecule has 4 N–H and O–H groups in total. The molecule has 0 radical (unpaired) electrons. The molecule has 1 aliphatic rings. The Balaban J connectivity index is 1.79. The molecule has 0 bridgehead atoms. The second-order valence-corrected chi connectivity index (χ2v) is 10.5. The highest BCUT2D eigenvalue weighted by atomic mass is 35.5. The summed E-state index contributed by atoms with van der Waals surface area (Å²) in [5.74, 6) is -0.689. The van der Waals surface area contributed by atoms with Crippen LogP contribution in [0.15, 0.2) is 47.4 Å². The molecule has 1 aliphatic heterocycles. The van der Waals surface area contributed by atoms with Crippen LogP contribution in [0.5, 0.6) is 5.75 Å². The number of anilines is 1. The van der Waals surface area contributed by atoms with E-state index in [2.05, 4.69) is 10.1 Å². The number of para-hydroxylation sites is 1. The van der Waals surface area contributed by atoms with Gasteiger partial charge in [0.1, 0.15) is 29.8 Å². The Kier molecular flexibility index (Phi) is 8.75. The van der Waals surface area contributed by atoms with E-state index in [1.165, 1.54) is 25.1 Å². The van der Waals surface area contributed by atoms with E-state index < -0.39 is 61.7 Å². The van der Waals surface area contributed by atoms with Gasteiger partial charge in [-0.05, 0) is 39.0 Å². The summed E-state index contributed by atoms with van der Waals surface area (Å²) in [4.78, 5) is 27.9. The fourth-order valence-corrected chi connectivity index (χ4v) is 5.02. The summed E-state index contributed by atoms with van der Waals surface area (Å²) in [7, 11) is -4.33. The Morgan fingerprint density at radius 3 is 2.64 bits per heavy atom. The number of carbonyl (C=O) groups excluding carboxylic acids is 1. The number of nitrogens with two attached hydrogens (primary N) is 1. The van der Waals surface area contributed by atoms with Crippen molar-refractivity contribution in [2.75, 3.05) is 12.3 Å². The molecule has 0 saturated carbocycles. The van der Waals surface area contributed by atoms with Gasteiger partial charge in [0.25, 0.3) is 5.13 Å². The monoisotopic (exact) mass is 548 g/mol. The van der Waals surface area contributed by atoms with Crippen molar-refractivity contribution in [1.29, 1.82) is 0 Å². The molecule has 6 atom stereocenters. The maximum atomic E-state index is 15.2. The quantitative estimate of drug-likeness (QED) is 0.226. The van der Waals surface area contributed by atoms with Crippen LogP contribution in [0, 0.1) is 0 Å². The van der Waals surface area contributed by atoms with Crippen molar-refractivity contribution in [2.45, 2.75) is 56.5 Å². The minimum absolute atomic E-state index is 0.108. The van der Waals surface area contributed by atoms with Gasteiger partial charge in [-0.3, -0.25) is 13.9 Å². The third-order valence-electron chi connectivity index (χ3n) is 4.92. The molecule has 2 aromatic rings. The number of aliphatic hydroxyl groups is 1. The molecule has 198 valence electrons. The highest BCUT2D eigenvalue weighted by Crippen LogP contribution is 2.48. The standard InChI is InChI=1S/C21H27ClFN4O8P/c1-12(2)33-18(29)13(3)26-36(31,35-14-7-5-4-6-8-14)32-11-15-17(28)21(22,23)19(34-15)27-10-9-16(24)25-20(27)30/h4-10,12-13,15,17,19,28H,11H2,1-3H3,(H,26,31)(H2,24,25,30)/t13?,15-,17-,19-,21+,36?/m1/s1. The first kappa shape index (κ1) is 28.0. The topological polar surface area (TPSA) is 164 Å². The molecular weight excluding hydrogens is 522 g/mol. The van der Waals surface area contributed by atoms with Gasteiger partial charge in [-0.1, -0.05) is 29.8 Å². The van der Waals surface area contributed by atoms with Crippen LogP contribution in [0.1, 0.15) is 27.0 Å². The number of rotatable bonds is 10. The van der Waals surface area contributed by atoms with Crippen LogP contribution >= 0.6 is 19.3 Å². The summed E-state index contributed by atoms with van der Waals surface area (Å²) in [5.41, 5.74) is 4.48. The third kappa shape index (κ3) is 6.61. The number of nitrogen functional groups attached to an aromatic ring is 1. The van der Waals surface area contributed by atoms with E-state index in [9.17, 15) is 19.3 Å². The van der Waals surface area contributed by atoms with Crippen LogP contribution in [0.4, 0.5) is 10.2 Å². The van der Waals surface area contributed by atoms with Gasteiger partial charge in [0.15, 0.2) is 6.23 Å². The van der Waals surface area contributed by atoms with Crippen molar-refractivity contribution in [2.24, 2.45) is 0 Å². The molecule has 0 amide bonds. The van der Waals surface area contributed by atoms with Crippen molar-refractivity contribution in [3.8, 4) is 5.75 Å². The van der Waals surface area contributed by atoms with Gasteiger partial charge in [-0.2, -0.15) is 10.1 Å². The number of hydrogen-bond donors (Lipinski definition) is 3. The number of esters is 1. The fraction of sp³-hybridized carbons (Fsp3) is 0.476.